The SMILES string of the molecule is Nc1cccc(OCCOc2ccc(C(F)(F)F)cc2)c1. The van der Waals surface area contributed by atoms with Gasteiger partial charge in [-0.2, -0.15) is 13.2 Å². The molecule has 3 nitrogen and oxygen atoms in total. The van der Waals surface area contributed by atoms with Crippen LogP contribution >= 0.6 is 0 Å². The maximum Gasteiger partial charge on any atom is 0.416 e. The first-order chi connectivity index (χ1) is 9.95. The molecule has 0 saturated carbocycles. The van der Waals surface area contributed by atoms with Gasteiger partial charge in [-0.25, -0.2) is 0 Å². The second-order valence-electron chi connectivity index (χ2n) is 4.29. The zero-order valence-corrected chi connectivity index (χ0v) is 11.1. The van der Waals surface area contributed by atoms with Crippen molar-refractivity contribution in [2.24, 2.45) is 0 Å². The highest BCUT2D eigenvalue weighted by Crippen LogP contribution is 2.30. The fraction of sp³-hybridized carbons (Fsp3) is 0.200. The Kier molecular flexibility index (Phi) is 4.57. The molecule has 0 amide bonds. The van der Waals surface area contributed by atoms with Gasteiger partial charge in [0, 0.05) is 11.8 Å². The molecule has 0 aromatic heterocycles. The normalized spacial score (nSPS) is 11.2. The number of halogens is 3. The fourth-order valence-corrected chi connectivity index (χ4v) is 1.66. The number of nitrogen functional groups attached to an aromatic ring is 1. The summed E-state index contributed by atoms with van der Waals surface area (Å²) in [4.78, 5) is 0. The molecule has 21 heavy (non-hydrogen) atoms. The van der Waals surface area contributed by atoms with Crippen molar-refractivity contribution in [2.45, 2.75) is 6.18 Å². The molecule has 2 aromatic carbocycles. The molecule has 2 rings (SSSR count). The van der Waals surface area contributed by atoms with Crippen LogP contribution < -0.4 is 15.2 Å². The van der Waals surface area contributed by atoms with Crippen molar-refractivity contribution in [3.8, 4) is 11.5 Å². The zero-order chi connectivity index (χ0) is 15.3. The molecule has 0 atom stereocenters. The summed E-state index contributed by atoms with van der Waals surface area (Å²) in [6.45, 7) is 0.491. The van der Waals surface area contributed by atoms with Crippen LogP contribution in [-0.4, -0.2) is 13.2 Å². The van der Waals surface area contributed by atoms with Gasteiger partial charge in [-0.15, -0.1) is 0 Å². The van der Waals surface area contributed by atoms with E-state index in [0.29, 0.717) is 17.2 Å². The molecule has 0 aliphatic heterocycles. The average Bonchev–Trinajstić information content (AvgIpc) is 2.43. The summed E-state index contributed by atoms with van der Waals surface area (Å²) >= 11 is 0. The van der Waals surface area contributed by atoms with Crippen molar-refractivity contribution in [3.63, 3.8) is 0 Å². The van der Waals surface area contributed by atoms with Crippen LogP contribution in [0, 0.1) is 0 Å². The van der Waals surface area contributed by atoms with Crippen LogP contribution in [0.5, 0.6) is 11.5 Å². The van der Waals surface area contributed by atoms with E-state index in [4.69, 9.17) is 15.2 Å². The lowest BCUT2D eigenvalue weighted by Crippen LogP contribution is -2.09. The summed E-state index contributed by atoms with van der Waals surface area (Å²) < 4.78 is 47.8. The van der Waals surface area contributed by atoms with Gasteiger partial charge in [0.1, 0.15) is 24.7 Å². The Hall–Kier alpha value is -2.37. The largest absolute Gasteiger partial charge is 0.490 e. The summed E-state index contributed by atoms with van der Waals surface area (Å²) in [6, 6.07) is 11.5. The van der Waals surface area contributed by atoms with Gasteiger partial charge in [-0.1, -0.05) is 6.07 Å². The van der Waals surface area contributed by atoms with Crippen molar-refractivity contribution < 1.29 is 22.6 Å². The van der Waals surface area contributed by atoms with Crippen LogP contribution in [0.1, 0.15) is 5.56 Å². The number of hydrogen-bond donors (Lipinski definition) is 1. The van der Waals surface area contributed by atoms with Crippen molar-refractivity contribution in [3.05, 3.63) is 54.1 Å². The van der Waals surface area contributed by atoms with E-state index in [9.17, 15) is 13.2 Å². The number of benzene rings is 2. The van der Waals surface area contributed by atoms with E-state index in [1.165, 1.54) is 12.1 Å². The van der Waals surface area contributed by atoms with Crippen molar-refractivity contribution >= 4 is 5.69 Å². The number of hydrogen-bond acceptors (Lipinski definition) is 3. The van der Waals surface area contributed by atoms with Gasteiger partial charge < -0.3 is 15.2 Å². The van der Waals surface area contributed by atoms with Crippen molar-refractivity contribution in [1.82, 2.24) is 0 Å². The smallest absolute Gasteiger partial charge is 0.416 e. The standard InChI is InChI=1S/C15H14F3NO2/c16-15(17,18)11-4-6-13(7-5-11)20-8-9-21-14-3-1-2-12(19)10-14/h1-7,10H,8-9,19H2. The minimum Gasteiger partial charge on any atom is -0.490 e. The molecular weight excluding hydrogens is 283 g/mol. The predicted molar refractivity (Wildman–Crippen MR) is 73.3 cm³/mol. The number of anilines is 1. The highest BCUT2D eigenvalue weighted by Gasteiger charge is 2.29. The predicted octanol–water partition coefficient (Wildman–Crippen LogP) is 3.75. The first kappa shape index (κ1) is 15.0. The van der Waals surface area contributed by atoms with E-state index >= 15 is 0 Å². The third kappa shape index (κ3) is 4.59. The maximum atomic E-state index is 12.4. The fourth-order valence-electron chi connectivity index (χ4n) is 1.66. The van der Waals surface area contributed by atoms with E-state index < -0.39 is 11.7 Å². The molecule has 112 valence electrons. The first-order valence-electron chi connectivity index (χ1n) is 6.23. The Bertz CT molecular complexity index is 582. The second kappa shape index (κ2) is 6.39. The Morgan fingerprint density at radius 2 is 1.48 bits per heavy atom. The van der Waals surface area contributed by atoms with Gasteiger partial charge in [-0.05, 0) is 36.4 Å². The van der Waals surface area contributed by atoms with E-state index in [0.717, 1.165) is 12.1 Å². The van der Waals surface area contributed by atoms with E-state index in [1.54, 1.807) is 24.3 Å². The van der Waals surface area contributed by atoms with Crippen molar-refractivity contribution in [1.29, 1.82) is 0 Å². The average molecular weight is 297 g/mol. The number of rotatable bonds is 5. The van der Waals surface area contributed by atoms with E-state index in [2.05, 4.69) is 0 Å². The molecule has 2 N–H and O–H groups in total. The molecule has 0 aliphatic carbocycles. The summed E-state index contributed by atoms with van der Waals surface area (Å²) in [6.07, 6.45) is -4.34. The molecular formula is C15H14F3NO2. The van der Waals surface area contributed by atoms with Gasteiger partial charge >= 0.3 is 6.18 Å². The topological polar surface area (TPSA) is 44.5 Å². The molecule has 0 unspecified atom stereocenters. The van der Waals surface area contributed by atoms with Gasteiger partial charge in [0.2, 0.25) is 0 Å². The van der Waals surface area contributed by atoms with Crippen LogP contribution in [0.3, 0.4) is 0 Å². The minimum atomic E-state index is -4.34. The minimum absolute atomic E-state index is 0.222. The molecule has 0 aliphatic rings. The van der Waals surface area contributed by atoms with Crippen LogP contribution in [0.4, 0.5) is 18.9 Å². The van der Waals surface area contributed by atoms with E-state index in [1.807, 2.05) is 0 Å². The Morgan fingerprint density at radius 3 is 2.05 bits per heavy atom. The van der Waals surface area contributed by atoms with Crippen molar-refractivity contribution in [2.75, 3.05) is 18.9 Å². The highest BCUT2D eigenvalue weighted by molar-refractivity contribution is 5.43. The van der Waals surface area contributed by atoms with Gasteiger partial charge in [-0.3, -0.25) is 0 Å². The third-order valence-electron chi connectivity index (χ3n) is 2.66. The molecule has 0 bridgehead atoms. The lowest BCUT2D eigenvalue weighted by Gasteiger charge is -2.10. The molecule has 0 radical (unpaired) electrons. The Morgan fingerprint density at radius 1 is 0.857 bits per heavy atom. The quantitative estimate of drug-likeness (QED) is 0.675. The molecule has 0 fully saturated rings. The molecule has 6 heteroatoms. The van der Waals surface area contributed by atoms with Gasteiger partial charge in [0.15, 0.2) is 0 Å². The van der Waals surface area contributed by atoms with Crippen LogP contribution in [-0.2, 0) is 6.18 Å². The van der Waals surface area contributed by atoms with Crippen LogP contribution in [0.2, 0.25) is 0 Å². The van der Waals surface area contributed by atoms with Crippen LogP contribution in [0.25, 0.3) is 0 Å². The highest BCUT2D eigenvalue weighted by atomic mass is 19.4. The zero-order valence-electron chi connectivity index (χ0n) is 11.1. The number of nitrogens with two attached hydrogens (primary N) is 1. The third-order valence-corrected chi connectivity index (χ3v) is 2.66. The monoisotopic (exact) mass is 297 g/mol. The maximum absolute atomic E-state index is 12.4. The molecule has 0 spiro atoms. The molecule has 0 heterocycles. The summed E-state index contributed by atoms with van der Waals surface area (Å²) in [5.41, 5.74) is 5.49. The van der Waals surface area contributed by atoms with Crippen LogP contribution in [0.15, 0.2) is 48.5 Å². The van der Waals surface area contributed by atoms with Gasteiger partial charge in [0.05, 0.1) is 5.56 Å². The summed E-state index contributed by atoms with van der Waals surface area (Å²) in [5.74, 6) is 0.977. The molecule has 0 saturated heterocycles. The number of alkyl halides is 3. The Balaban J connectivity index is 1.79. The lowest BCUT2D eigenvalue weighted by atomic mass is 10.2. The summed E-state index contributed by atoms with van der Waals surface area (Å²) in [7, 11) is 0. The second-order valence-corrected chi connectivity index (χ2v) is 4.29. The Labute approximate surface area is 120 Å². The molecule has 2 aromatic rings. The first-order valence-corrected chi connectivity index (χ1v) is 6.23. The van der Waals surface area contributed by atoms with E-state index in [-0.39, 0.29) is 13.2 Å². The summed E-state index contributed by atoms with van der Waals surface area (Å²) in [5, 5.41) is 0. The van der Waals surface area contributed by atoms with Gasteiger partial charge in [0.25, 0.3) is 0 Å². The number of ether oxygens (including phenoxy) is 2. The lowest BCUT2D eigenvalue weighted by molar-refractivity contribution is -0.137.